The maximum atomic E-state index is 13.4. The molecule has 2 unspecified atom stereocenters. The minimum Gasteiger partial charge on any atom is -0.335 e. The van der Waals surface area contributed by atoms with Crippen molar-refractivity contribution in [2.45, 2.75) is 32.2 Å². The molecule has 1 aliphatic heterocycles. The molecule has 1 fully saturated rings. The number of likely N-dealkylation sites (tertiary alicyclic amines) is 1. The van der Waals surface area contributed by atoms with Gasteiger partial charge in [0.2, 0.25) is 5.91 Å². The minimum absolute atomic E-state index is 0.0206. The smallest absolute Gasteiger partial charge is 0.223 e. The maximum Gasteiger partial charge on any atom is 0.223 e. The molecule has 1 aliphatic rings. The number of amides is 1. The number of carbonyl (C=O) groups excluding carboxylic acids is 1. The van der Waals surface area contributed by atoms with Gasteiger partial charge in [-0.05, 0) is 36.5 Å². The zero-order chi connectivity index (χ0) is 16.3. The summed E-state index contributed by atoms with van der Waals surface area (Å²) in [6.07, 6.45) is 2.59. The number of halogens is 1. The van der Waals surface area contributed by atoms with Crippen LogP contribution in [0.4, 0.5) is 4.39 Å². The Morgan fingerprint density at radius 2 is 2.14 bits per heavy atom. The van der Waals surface area contributed by atoms with Gasteiger partial charge in [0.25, 0.3) is 0 Å². The fraction of sp³-hybridized carbons (Fsp3) is 0.562. The van der Waals surface area contributed by atoms with Crippen LogP contribution in [0.2, 0.25) is 0 Å². The summed E-state index contributed by atoms with van der Waals surface area (Å²) in [4.78, 5) is 14.1. The summed E-state index contributed by atoms with van der Waals surface area (Å²) < 4.78 is 35.7. The Bertz CT molecular complexity index is 645. The van der Waals surface area contributed by atoms with Crippen molar-refractivity contribution in [3.63, 3.8) is 0 Å². The molecule has 22 heavy (non-hydrogen) atoms. The van der Waals surface area contributed by atoms with Crippen LogP contribution < -0.4 is 0 Å². The summed E-state index contributed by atoms with van der Waals surface area (Å²) in [7, 11) is -3.05. The molecular formula is C16H22FNO3S. The van der Waals surface area contributed by atoms with Gasteiger partial charge in [-0.25, -0.2) is 12.8 Å². The Morgan fingerprint density at radius 1 is 1.41 bits per heavy atom. The molecule has 0 bridgehead atoms. The van der Waals surface area contributed by atoms with E-state index in [1.165, 1.54) is 18.4 Å². The van der Waals surface area contributed by atoms with Gasteiger partial charge < -0.3 is 4.90 Å². The van der Waals surface area contributed by atoms with Gasteiger partial charge in [-0.1, -0.05) is 19.1 Å². The lowest BCUT2D eigenvalue weighted by Gasteiger charge is -2.27. The lowest BCUT2D eigenvalue weighted by atomic mass is 9.95. The van der Waals surface area contributed by atoms with E-state index in [2.05, 4.69) is 6.92 Å². The van der Waals surface area contributed by atoms with Crippen LogP contribution >= 0.6 is 0 Å². The van der Waals surface area contributed by atoms with Crippen LogP contribution in [-0.4, -0.2) is 37.8 Å². The molecule has 2 rings (SSSR count). The van der Waals surface area contributed by atoms with Crippen molar-refractivity contribution in [2.24, 2.45) is 5.92 Å². The summed E-state index contributed by atoms with van der Waals surface area (Å²) >= 11 is 0. The molecular weight excluding hydrogens is 305 g/mol. The van der Waals surface area contributed by atoms with E-state index in [0.29, 0.717) is 13.0 Å². The number of benzene rings is 1. The van der Waals surface area contributed by atoms with Crippen molar-refractivity contribution in [3.05, 3.63) is 35.6 Å². The lowest BCUT2D eigenvalue weighted by Crippen LogP contribution is -2.32. The predicted molar refractivity (Wildman–Crippen MR) is 83.6 cm³/mol. The predicted octanol–water partition coefficient (Wildman–Crippen LogP) is 2.56. The first-order chi connectivity index (χ1) is 10.3. The highest BCUT2D eigenvalue weighted by molar-refractivity contribution is 7.90. The van der Waals surface area contributed by atoms with E-state index in [-0.39, 0.29) is 35.9 Å². The standard InChI is InChI=1S/C16H22FNO3S/c1-12-8-9-18(15(19)7-4-10-22(2,20)21)16(12)13-5-3-6-14(17)11-13/h3,5-6,11-12,16H,4,7-10H2,1-2H3. The van der Waals surface area contributed by atoms with Crippen molar-refractivity contribution in [3.8, 4) is 0 Å². The largest absolute Gasteiger partial charge is 0.335 e. The van der Waals surface area contributed by atoms with Crippen molar-refractivity contribution in [1.29, 1.82) is 0 Å². The molecule has 6 heteroatoms. The molecule has 0 aromatic heterocycles. The maximum absolute atomic E-state index is 13.4. The van der Waals surface area contributed by atoms with Gasteiger partial charge in [0.15, 0.2) is 0 Å². The average molecular weight is 327 g/mol. The zero-order valence-electron chi connectivity index (χ0n) is 13.0. The minimum atomic E-state index is -3.05. The first-order valence-corrected chi connectivity index (χ1v) is 9.56. The van der Waals surface area contributed by atoms with Crippen LogP contribution in [0.25, 0.3) is 0 Å². The van der Waals surface area contributed by atoms with Gasteiger partial charge in [-0.15, -0.1) is 0 Å². The van der Waals surface area contributed by atoms with Crippen LogP contribution in [0, 0.1) is 11.7 Å². The van der Waals surface area contributed by atoms with Crippen molar-refractivity contribution >= 4 is 15.7 Å². The van der Waals surface area contributed by atoms with Crippen LogP contribution in [0.1, 0.15) is 37.8 Å². The number of nitrogens with zero attached hydrogens (tertiary/aromatic N) is 1. The first-order valence-electron chi connectivity index (χ1n) is 7.50. The summed E-state index contributed by atoms with van der Waals surface area (Å²) in [6.45, 7) is 2.69. The molecule has 4 nitrogen and oxygen atoms in total. The SMILES string of the molecule is CC1CCN(C(=O)CCCS(C)(=O)=O)C1c1cccc(F)c1. The van der Waals surface area contributed by atoms with Crippen LogP contribution in [-0.2, 0) is 14.6 Å². The second-order valence-corrected chi connectivity index (χ2v) is 8.35. The Morgan fingerprint density at radius 3 is 2.77 bits per heavy atom. The Hall–Kier alpha value is -1.43. The zero-order valence-corrected chi connectivity index (χ0v) is 13.8. The Labute approximate surface area is 131 Å². The molecule has 0 radical (unpaired) electrons. The third-order valence-corrected chi connectivity index (χ3v) is 5.15. The quantitative estimate of drug-likeness (QED) is 0.835. The molecule has 1 saturated heterocycles. The van der Waals surface area contributed by atoms with E-state index in [1.54, 1.807) is 11.0 Å². The van der Waals surface area contributed by atoms with Crippen LogP contribution in [0.3, 0.4) is 0 Å². The van der Waals surface area contributed by atoms with E-state index in [9.17, 15) is 17.6 Å². The van der Waals surface area contributed by atoms with E-state index in [1.807, 2.05) is 6.07 Å². The summed E-state index contributed by atoms with van der Waals surface area (Å²) in [5.74, 6) is -0.0729. The van der Waals surface area contributed by atoms with Gasteiger partial charge in [0.05, 0.1) is 11.8 Å². The van der Waals surface area contributed by atoms with Crippen LogP contribution in [0.5, 0.6) is 0 Å². The fourth-order valence-electron chi connectivity index (χ4n) is 3.05. The second-order valence-electron chi connectivity index (χ2n) is 6.09. The average Bonchev–Trinajstić information content (AvgIpc) is 2.79. The van der Waals surface area contributed by atoms with Crippen LogP contribution in [0.15, 0.2) is 24.3 Å². The van der Waals surface area contributed by atoms with Gasteiger partial charge in [0, 0.05) is 19.2 Å². The highest BCUT2D eigenvalue weighted by Gasteiger charge is 2.35. The lowest BCUT2D eigenvalue weighted by molar-refractivity contribution is -0.132. The first kappa shape index (κ1) is 16.9. The number of hydrogen-bond donors (Lipinski definition) is 0. The third kappa shape index (κ3) is 4.29. The monoisotopic (exact) mass is 327 g/mol. The molecule has 1 heterocycles. The highest BCUT2D eigenvalue weighted by Crippen LogP contribution is 2.37. The fourth-order valence-corrected chi connectivity index (χ4v) is 3.72. The normalized spacial score (nSPS) is 22.0. The molecule has 0 spiro atoms. The number of hydrogen-bond acceptors (Lipinski definition) is 3. The second kappa shape index (κ2) is 6.77. The molecule has 0 aliphatic carbocycles. The molecule has 0 saturated carbocycles. The molecule has 1 aromatic carbocycles. The molecule has 122 valence electrons. The van der Waals surface area contributed by atoms with Gasteiger partial charge >= 0.3 is 0 Å². The van der Waals surface area contributed by atoms with E-state index in [4.69, 9.17) is 0 Å². The van der Waals surface area contributed by atoms with Gasteiger partial charge in [0.1, 0.15) is 15.7 Å². The number of sulfone groups is 1. The molecule has 1 amide bonds. The van der Waals surface area contributed by atoms with Crippen molar-refractivity contribution in [2.75, 3.05) is 18.6 Å². The number of rotatable bonds is 5. The number of carbonyl (C=O) groups is 1. The van der Waals surface area contributed by atoms with Gasteiger partial charge in [-0.2, -0.15) is 0 Å². The Balaban J connectivity index is 2.07. The molecule has 0 N–H and O–H groups in total. The Kier molecular flexibility index (Phi) is 5.21. The van der Waals surface area contributed by atoms with Crippen molar-refractivity contribution < 1.29 is 17.6 Å². The molecule has 1 aromatic rings. The highest BCUT2D eigenvalue weighted by atomic mass is 32.2. The topological polar surface area (TPSA) is 54.5 Å². The molecule has 2 atom stereocenters. The van der Waals surface area contributed by atoms with E-state index < -0.39 is 9.84 Å². The van der Waals surface area contributed by atoms with E-state index in [0.717, 1.165) is 12.0 Å². The third-order valence-electron chi connectivity index (χ3n) is 4.12. The summed E-state index contributed by atoms with van der Waals surface area (Å²) in [5.41, 5.74) is 0.807. The van der Waals surface area contributed by atoms with E-state index >= 15 is 0 Å². The van der Waals surface area contributed by atoms with Gasteiger partial charge in [-0.3, -0.25) is 4.79 Å². The van der Waals surface area contributed by atoms with Crippen molar-refractivity contribution in [1.82, 2.24) is 4.90 Å². The summed E-state index contributed by atoms with van der Waals surface area (Å²) in [6, 6.07) is 6.24. The summed E-state index contributed by atoms with van der Waals surface area (Å²) in [5, 5.41) is 0.